The number of carbonyl (C=O) groups excluding carboxylic acids is 1. The van der Waals surface area contributed by atoms with Gasteiger partial charge in [0.05, 0.1) is 0 Å². The van der Waals surface area contributed by atoms with Crippen molar-refractivity contribution in [1.29, 1.82) is 0 Å². The van der Waals surface area contributed by atoms with Crippen LogP contribution in [0.25, 0.3) is 10.8 Å². The number of allylic oxidation sites excluding steroid dienone is 1. The van der Waals surface area contributed by atoms with E-state index in [2.05, 4.69) is 5.32 Å². The van der Waals surface area contributed by atoms with Crippen LogP contribution in [0, 0.1) is 0 Å². The maximum Gasteiger partial charge on any atom is 0.187 e. The molecule has 0 radical (unpaired) electrons. The fraction of sp³-hybridized carbons (Fsp3) is 0.188. The topological polar surface area (TPSA) is 29.1 Å². The molecule has 0 aliphatic carbocycles. The number of ketones is 1. The number of nitrogens with one attached hydrogen (secondary N) is 1. The lowest BCUT2D eigenvalue weighted by Gasteiger charge is -2.03. The first kappa shape index (κ1) is 12.4. The van der Waals surface area contributed by atoms with E-state index in [0.717, 1.165) is 16.3 Å². The number of benzene rings is 2. The van der Waals surface area contributed by atoms with Crippen LogP contribution in [0.4, 0.5) is 0 Å². The molecule has 0 saturated carbocycles. The second-order valence-electron chi connectivity index (χ2n) is 4.58. The molecule has 0 heterocycles. The van der Waals surface area contributed by atoms with Gasteiger partial charge in [-0.25, -0.2) is 0 Å². The van der Waals surface area contributed by atoms with Crippen molar-refractivity contribution in [3.05, 3.63) is 60.3 Å². The first-order valence-electron chi connectivity index (χ1n) is 6.12. The van der Waals surface area contributed by atoms with Gasteiger partial charge < -0.3 is 5.32 Å². The summed E-state index contributed by atoms with van der Waals surface area (Å²) in [6.07, 6.45) is 3.28. The molecule has 2 rings (SSSR count). The van der Waals surface area contributed by atoms with Gasteiger partial charge in [0.15, 0.2) is 5.78 Å². The maximum absolute atomic E-state index is 11.9. The zero-order chi connectivity index (χ0) is 13.0. The summed E-state index contributed by atoms with van der Waals surface area (Å²) in [5.41, 5.74) is 0.718. The van der Waals surface area contributed by atoms with Crippen molar-refractivity contribution < 1.29 is 4.79 Å². The molecule has 0 aliphatic rings. The molecular formula is C16H17NO. The first-order valence-corrected chi connectivity index (χ1v) is 6.12. The van der Waals surface area contributed by atoms with Crippen LogP contribution in [-0.4, -0.2) is 11.8 Å². The largest absolute Gasteiger partial charge is 0.389 e. The number of hydrogen-bond acceptors (Lipinski definition) is 2. The molecule has 0 spiro atoms. The highest BCUT2D eigenvalue weighted by Crippen LogP contribution is 2.16. The maximum atomic E-state index is 11.9. The van der Waals surface area contributed by atoms with Gasteiger partial charge in [-0.15, -0.1) is 0 Å². The van der Waals surface area contributed by atoms with Crippen molar-refractivity contribution in [3.63, 3.8) is 0 Å². The van der Waals surface area contributed by atoms with Gasteiger partial charge in [-0.1, -0.05) is 36.4 Å². The summed E-state index contributed by atoms with van der Waals surface area (Å²) in [5, 5.41) is 5.32. The molecule has 0 bridgehead atoms. The molecule has 2 aromatic carbocycles. The third-order valence-electron chi connectivity index (χ3n) is 2.70. The normalized spacial score (nSPS) is 11.3. The summed E-state index contributed by atoms with van der Waals surface area (Å²) in [7, 11) is 0. The van der Waals surface area contributed by atoms with Gasteiger partial charge in [-0.3, -0.25) is 4.79 Å². The van der Waals surface area contributed by atoms with E-state index in [0.29, 0.717) is 6.04 Å². The molecule has 0 unspecified atom stereocenters. The molecule has 2 heteroatoms. The minimum atomic E-state index is 0.0221. The molecule has 1 N–H and O–H groups in total. The van der Waals surface area contributed by atoms with Gasteiger partial charge in [0.2, 0.25) is 0 Å². The lowest BCUT2D eigenvalue weighted by atomic mass is 10.0. The Hall–Kier alpha value is -2.09. The standard InChI is InChI=1S/C16H17NO/c1-12(2)17-10-9-16(18)15-8-7-13-5-3-4-6-14(13)11-15/h3-12,17H,1-2H3/b10-9-. The van der Waals surface area contributed by atoms with Gasteiger partial charge in [0, 0.05) is 23.9 Å². The summed E-state index contributed by atoms with van der Waals surface area (Å²) in [6, 6.07) is 14.1. The highest BCUT2D eigenvalue weighted by Gasteiger charge is 2.02. The Kier molecular flexibility index (Phi) is 3.78. The van der Waals surface area contributed by atoms with E-state index >= 15 is 0 Å². The second kappa shape index (κ2) is 5.50. The van der Waals surface area contributed by atoms with Crippen LogP contribution in [-0.2, 0) is 0 Å². The first-order chi connectivity index (χ1) is 8.66. The Balaban J connectivity index is 2.20. The third-order valence-corrected chi connectivity index (χ3v) is 2.70. The van der Waals surface area contributed by atoms with Gasteiger partial charge in [0.25, 0.3) is 0 Å². The quantitative estimate of drug-likeness (QED) is 0.653. The molecule has 0 fully saturated rings. The fourth-order valence-corrected chi connectivity index (χ4v) is 1.76. The molecule has 2 aromatic rings. The number of fused-ring (bicyclic) bond motifs is 1. The second-order valence-corrected chi connectivity index (χ2v) is 4.58. The van der Waals surface area contributed by atoms with E-state index in [1.807, 2.05) is 56.3 Å². The molecule has 0 amide bonds. The molecule has 0 aliphatic heterocycles. The predicted octanol–water partition coefficient (Wildman–Crippen LogP) is 3.53. The summed E-state index contributed by atoms with van der Waals surface area (Å²) >= 11 is 0. The van der Waals surface area contributed by atoms with Crippen LogP contribution < -0.4 is 5.32 Å². The van der Waals surface area contributed by atoms with Crippen molar-refractivity contribution in [1.82, 2.24) is 5.32 Å². The molecule has 18 heavy (non-hydrogen) atoms. The van der Waals surface area contributed by atoms with Crippen LogP contribution in [0.3, 0.4) is 0 Å². The van der Waals surface area contributed by atoms with E-state index in [9.17, 15) is 4.79 Å². The zero-order valence-corrected chi connectivity index (χ0v) is 10.7. The van der Waals surface area contributed by atoms with Gasteiger partial charge >= 0.3 is 0 Å². The molecule has 92 valence electrons. The van der Waals surface area contributed by atoms with E-state index in [4.69, 9.17) is 0 Å². The number of rotatable bonds is 4. The van der Waals surface area contributed by atoms with Crippen molar-refractivity contribution in [3.8, 4) is 0 Å². The van der Waals surface area contributed by atoms with E-state index in [-0.39, 0.29) is 5.78 Å². The summed E-state index contributed by atoms with van der Waals surface area (Å²) in [6.45, 7) is 4.07. The average molecular weight is 239 g/mol. The van der Waals surface area contributed by atoms with Crippen molar-refractivity contribution >= 4 is 16.6 Å². The molecular weight excluding hydrogens is 222 g/mol. The summed E-state index contributed by atoms with van der Waals surface area (Å²) < 4.78 is 0. The fourth-order valence-electron chi connectivity index (χ4n) is 1.76. The average Bonchev–Trinajstić information content (AvgIpc) is 2.37. The number of carbonyl (C=O) groups is 1. The predicted molar refractivity (Wildman–Crippen MR) is 75.7 cm³/mol. The van der Waals surface area contributed by atoms with Crippen LogP contribution in [0.15, 0.2) is 54.7 Å². The van der Waals surface area contributed by atoms with E-state index < -0.39 is 0 Å². The molecule has 0 saturated heterocycles. The molecule has 2 nitrogen and oxygen atoms in total. The van der Waals surface area contributed by atoms with Crippen LogP contribution >= 0.6 is 0 Å². The Morgan fingerprint density at radius 3 is 2.56 bits per heavy atom. The Bertz CT molecular complexity index is 584. The minimum absolute atomic E-state index is 0.0221. The molecule has 0 aromatic heterocycles. The van der Waals surface area contributed by atoms with Gasteiger partial charge in [0.1, 0.15) is 0 Å². The summed E-state index contributed by atoms with van der Waals surface area (Å²) in [4.78, 5) is 11.9. The van der Waals surface area contributed by atoms with E-state index in [1.54, 1.807) is 12.3 Å². The zero-order valence-electron chi connectivity index (χ0n) is 10.7. The monoisotopic (exact) mass is 239 g/mol. The summed E-state index contributed by atoms with van der Waals surface area (Å²) in [5.74, 6) is 0.0221. The SMILES string of the molecule is CC(C)N/C=C\C(=O)c1ccc2ccccc2c1. The molecule has 0 atom stereocenters. The Morgan fingerprint density at radius 1 is 1.11 bits per heavy atom. The van der Waals surface area contributed by atoms with Crippen molar-refractivity contribution in [2.24, 2.45) is 0 Å². The van der Waals surface area contributed by atoms with E-state index in [1.165, 1.54) is 0 Å². The Labute approximate surface area is 107 Å². The Morgan fingerprint density at radius 2 is 1.83 bits per heavy atom. The number of hydrogen-bond donors (Lipinski definition) is 1. The highest BCUT2D eigenvalue weighted by atomic mass is 16.1. The minimum Gasteiger partial charge on any atom is -0.389 e. The van der Waals surface area contributed by atoms with Gasteiger partial charge in [-0.2, -0.15) is 0 Å². The highest BCUT2D eigenvalue weighted by molar-refractivity contribution is 6.06. The lowest BCUT2D eigenvalue weighted by Crippen LogP contribution is -2.15. The lowest BCUT2D eigenvalue weighted by molar-refractivity contribution is 0.104. The van der Waals surface area contributed by atoms with Crippen molar-refractivity contribution in [2.75, 3.05) is 0 Å². The smallest absolute Gasteiger partial charge is 0.187 e. The van der Waals surface area contributed by atoms with Crippen LogP contribution in [0.2, 0.25) is 0 Å². The third kappa shape index (κ3) is 2.98. The van der Waals surface area contributed by atoms with Crippen molar-refractivity contribution in [2.45, 2.75) is 19.9 Å². The van der Waals surface area contributed by atoms with Crippen LogP contribution in [0.5, 0.6) is 0 Å². The van der Waals surface area contributed by atoms with Gasteiger partial charge in [-0.05, 0) is 30.7 Å². The van der Waals surface area contributed by atoms with Crippen LogP contribution in [0.1, 0.15) is 24.2 Å².